The van der Waals surface area contributed by atoms with E-state index in [0.717, 1.165) is 5.56 Å². The van der Waals surface area contributed by atoms with E-state index in [9.17, 15) is 4.79 Å². The molecule has 1 aromatic carbocycles. The molecule has 11 heteroatoms. The van der Waals surface area contributed by atoms with Gasteiger partial charge in [0.05, 0.1) is 67.1 Å². The van der Waals surface area contributed by atoms with E-state index < -0.39 is 23.8 Å². The number of hydrogen-bond acceptors (Lipinski definition) is 6. The van der Waals surface area contributed by atoms with E-state index in [2.05, 4.69) is 10.1 Å². The first-order valence-electron chi connectivity index (χ1n) is 11.1. The number of pyridine rings is 1. The number of rotatable bonds is 4. The molecule has 1 unspecified atom stereocenters. The minimum absolute atomic E-state index is 0.177. The van der Waals surface area contributed by atoms with Crippen LogP contribution in [-0.4, -0.2) is 63.1 Å². The first-order valence-corrected chi connectivity index (χ1v) is 11.1. The molecule has 9 nitrogen and oxygen atoms in total. The van der Waals surface area contributed by atoms with Crippen LogP contribution in [0.15, 0.2) is 42.9 Å². The van der Waals surface area contributed by atoms with Gasteiger partial charge in [-0.05, 0) is 24.6 Å². The average molecular weight is 482 g/mol. The number of carbonyl (C=O) groups excluding carboxylic acids is 1. The molecule has 0 spiro atoms. The molecule has 1 amide bonds. The van der Waals surface area contributed by atoms with Gasteiger partial charge >= 0.3 is 6.09 Å². The Morgan fingerprint density at radius 3 is 2.74 bits per heavy atom. The van der Waals surface area contributed by atoms with Gasteiger partial charge in [0.1, 0.15) is 17.3 Å². The molecular weight excluding hydrogens is 458 g/mol. The van der Waals surface area contributed by atoms with Crippen molar-refractivity contribution in [2.24, 2.45) is 0 Å². The fraction of sp³-hybridized carbons (Fsp3) is 0.292. The molecular formula is C24H24F2N6O3. The number of nitrogen functional groups attached to an aromatic ring is 1. The van der Waals surface area contributed by atoms with Crippen LogP contribution in [0.1, 0.15) is 11.3 Å². The number of nitrogens with two attached hydrogens (primary N) is 1. The van der Waals surface area contributed by atoms with Gasteiger partial charge < -0.3 is 24.5 Å². The van der Waals surface area contributed by atoms with Crippen molar-refractivity contribution >= 4 is 17.4 Å². The molecule has 2 N–H and O–H groups in total. The van der Waals surface area contributed by atoms with Crippen LogP contribution in [-0.2, 0) is 15.9 Å². The highest BCUT2D eigenvalue weighted by Gasteiger charge is 2.29. The molecule has 4 aromatic rings. The quantitative estimate of drug-likeness (QED) is 0.479. The standard InChI is InChI=1S/C24H24F2N6O3/c1-14-3-4-31-20(10-17-13-30(5-6-35-17)24(33)34-2)23(29-21(31)7-14)22-18(25)8-16(9-19(22)26)32-12-15(27)11-28-32/h3-4,7-9,11-12,17H,5-6,10,13,27H2,1-2H3. The lowest BCUT2D eigenvalue weighted by molar-refractivity contribution is -0.0241. The Morgan fingerprint density at radius 1 is 1.29 bits per heavy atom. The number of fused-ring (bicyclic) bond motifs is 1. The summed E-state index contributed by atoms with van der Waals surface area (Å²) in [5.41, 5.74) is 8.28. The maximum Gasteiger partial charge on any atom is 0.409 e. The van der Waals surface area contributed by atoms with E-state index in [0.29, 0.717) is 30.2 Å². The van der Waals surface area contributed by atoms with Crippen molar-refractivity contribution in [3.63, 3.8) is 0 Å². The number of ether oxygens (including phenoxy) is 2. The topological polar surface area (TPSA) is 99.9 Å². The van der Waals surface area contributed by atoms with Crippen LogP contribution in [0, 0.1) is 18.6 Å². The Labute approximate surface area is 199 Å². The first-order chi connectivity index (χ1) is 16.8. The van der Waals surface area contributed by atoms with Gasteiger partial charge in [-0.1, -0.05) is 0 Å². The van der Waals surface area contributed by atoms with Crippen LogP contribution in [0.5, 0.6) is 0 Å². The highest BCUT2D eigenvalue weighted by molar-refractivity contribution is 5.70. The van der Waals surface area contributed by atoms with Gasteiger partial charge in [0.15, 0.2) is 0 Å². The van der Waals surface area contributed by atoms with E-state index in [1.807, 2.05) is 25.3 Å². The van der Waals surface area contributed by atoms with Gasteiger partial charge in [-0.2, -0.15) is 5.10 Å². The number of hydrogen-bond donors (Lipinski definition) is 1. The number of benzene rings is 1. The SMILES string of the molecule is COC(=O)N1CCOC(Cc2c(-c3c(F)cc(-n4cc(N)cn4)cc3F)nc3cc(C)ccn23)C1. The van der Waals surface area contributed by atoms with Crippen LogP contribution < -0.4 is 5.73 Å². The van der Waals surface area contributed by atoms with E-state index in [4.69, 9.17) is 15.2 Å². The molecule has 0 aliphatic carbocycles. The Hall–Kier alpha value is -3.99. The van der Waals surface area contributed by atoms with Crippen molar-refractivity contribution < 1.29 is 23.0 Å². The number of halogens is 2. The van der Waals surface area contributed by atoms with E-state index >= 15 is 8.78 Å². The van der Waals surface area contributed by atoms with E-state index in [-0.39, 0.29) is 29.9 Å². The second-order valence-electron chi connectivity index (χ2n) is 8.46. The number of amides is 1. The molecule has 4 heterocycles. The van der Waals surface area contributed by atoms with Crippen molar-refractivity contribution in [3.05, 3.63) is 65.7 Å². The monoisotopic (exact) mass is 482 g/mol. The molecule has 0 radical (unpaired) electrons. The second kappa shape index (κ2) is 8.99. The summed E-state index contributed by atoms with van der Waals surface area (Å²) in [6.07, 6.45) is 4.12. The highest BCUT2D eigenvalue weighted by atomic mass is 19.1. The third-order valence-electron chi connectivity index (χ3n) is 6.00. The van der Waals surface area contributed by atoms with Gasteiger partial charge in [0.25, 0.3) is 0 Å². The molecule has 1 saturated heterocycles. The maximum atomic E-state index is 15.4. The highest BCUT2D eigenvalue weighted by Crippen LogP contribution is 2.32. The van der Waals surface area contributed by atoms with Crippen LogP contribution >= 0.6 is 0 Å². The number of aromatic nitrogens is 4. The van der Waals surface area contributed by atoms with Crippen LogP contribution in [0.2, 0.25) is 0 Å². The summed E-state index contributed by atoms with van der Waals surface area (Å²) < 4.78 is 44.6. The van der Waals surface area contributed by atoms with Gasteiger partial charge in [-0.25, -0.2) is 23.2 Å². The summed E-state index contributed by atoms with van der Waals surface area (Å²) in [4.78, 5) is 18.1. The van der Waals surface area contributed by atoms with Gasteiger partial charge in [0.2, 0.25) is 0 Å². The number of anilines is 1. The third kappa shape index (κ3) is 4.30. The van der Waals surface area contributed by atoms with Gasteiger partial charge in [0, 0.05) is 31.3 Å². The van der Waals surface area contributed by atoms with E-state index in [1.54, 1.807) is 9.30 Å². The lowest BCUT2D eigenvalue weighted by Crippen LogP contribution is -2.46. The summed E-state index contributed by atoms with van der Waals surface area (Å²) in [5, 5.41) is 4.02. The Morgan fingerprint density at radius 2 is 2.06 bits per heavy atom. The summed E-state index contributed by atoms with van der Waals surface area (Å²) in [7, 11) is 1.32. The average Bonchev–Trinajstić information content (AvgIpc) is 3.41. The molecule has 5 rings (SSSR count). The zero-order chi connectivity index (χ0) is 24.7. The molecule has 1 aliphatic heterocycles. The smallest absolute Gasteiger partial charge is 0.409 e. The Bertz CT molecular complexity index is 1390. The van der Waals surface area contributed by atoms with Crippen molar-refractivity contribution in [2.45, 2.75) is 19.4 Å². The second-order valence-corrected chi connectivity index (χ2v) is 8.46. The van der Waals surface area contributed by atoms with Crippen LogP contribution in [0.25, 0.3) is 22.6 Å². The summed E-state index contributed by atoms with van der Waals surface area (Å²) >= 11 is 0. The molecule has 1 atom stereocenters. The molecule has 35 heavy (non-hydrogen) atoms. The molecule has 0 saturated carbocycles. The zero-order valence-electron chi connectivity index (χ0n) is 19.2. The molecule has 3 aromatic heterocycles. The Kier molecular flexibility index (Phi) is 5.85. The number of methoxy groups -OCH3 is 1. The third-order valence-corrected chi connectivity index (χ3v) is 6.00. The summed E-state index contributed by atoms with van der Waals surface area (Å²) in [6.45, 7) is 2.94. The largest absolute Gasteiger partial charge is 0.453 e. The predicted molar refractivity (Wildman–Crippen MR) is 124 cm³/mol. The fourth-order valence-electron chi connectivity index (χ4n) is 4.34. The van der Waals surface area contributed by atoms with Crippen molar-refractivity contribution in [2.75, 3.05) is 32.5 Å². The lowest BCUT2D eigenvalue weighted by Gasteiger charge is -2.32. The lowest BCUT2D eigenvalue weighted by atomic mass is 10.0. The van der Waals surface area contributed by atoms with Gasteiger partial charge in [-0.3, -0.25) is 0 Å². The van der Waals surface area contributed by atoms with E-state index in [1.165, 1.54) is 36.3 Å². The van der Waals surface area contributed by atoms with Crippen molar-refractivity contribution in [1.29, 1.82) is 0 Å². The minimum Gasteiger partial charge on any atom is -0.453 e. The summed E-state index contributed by atoms with van der Waals surface area (Å²) in [6, 6.07) is 6.12. The zero-order valence-corrected chi connectivity index (χ0v) is 19.2. The fourth-order valence-corrected chi connectivity index (χ4v) is 4.34. The van der Waals surface area contributed by atoms with Crippen molar-refractivity contribution in [3.8, 4) is 16.9 Å². The minimum atomic E-state index is -0.781. The summed E-state index contributed by atoms with van der Waals surface area (Å²) in [5.74, 6) is -1.56. The number of carbonyl (C=O) groups is 1. The molecule has 0 bridgehead atoms. The van der Waals surface area contributed by atoms with Crippen LogP contribution in [0.4, 0.5) is 19.3 Å². The molecule has 182 valence electrons. The number of aryl methyl sites for hydroxylation is 1. The van der Waals surface area contributed by atoms with Crippen molar-refractivity contribution in [1.82, 2.24) is 24.1 Å². The molecule has 1 fully saturated rings. The predicted octanol–water partition coefficient (Wildman–Crippen LogP) is 3.37. The van der Waals surface area contributed by atoms with Gasteiger partial charge in [-0.15, -0.1) is 0 Å². The number of nitrogens with zero attached hydrogens (tertiary/aromatic N) is 5. The number of imidazole rings is 1. The number of morpholine rings is 1. The first kappa shape index (κ1) is 22.8. The normalized spacial score (nSPS) is 16.1. The maximum absolute atomic E-state index is 15.4. The molecule has 1 aliphatic rings. The van der Waals surface area contributed by atoms with Crippen LogP contribution in [0.3, 0.4) is 0 Å². The Balaban J connectivity index is 1.58.